The lowest BCUT2D eigenvalue weighted by Crippen LogP contribution is -2.06. The highest BCUT2D eigenvalue weighted by atomic mass is 15.0. The van der Waals surface area contributed by atoms with Crippen molar-refractivity contribution in [2.75, 3.05) is 0 Å². The second kappa shape index (κ2) is 4.58. The Kier molecular flexibility index (Phi) is 2.72. The minimum atomic E-state index is 0.645. The van der Waals surface area contributed by atoms with E-state index in [4.69, 9.17) is 4.98 Å². The van der Waals surface area contributed by atoms with E-state index in [-0.39, 0.29) is 0 Å². The summed E-state index contributed by atoms with van der Waals surface area (Å²) in [6.07, 6.45) is 10.6. The number of fused-ring (bicyclic) bond motifs is 3. The number of pyridine rings is 2. The van der Waals surface area contributed by atoms with Crippen LogP contribution in [0.5, 0.6) is 0 Å². The van der Waals surface area contributed by atoms with Crippen molar-refractivity contribution in [2.24, 2.45) is 7.05 Å². The van der Waals surface area contributed by atoms with Crippen molar-refractivity contribution < 1.29 is 0 Å². The highest BCUT2D eigenvalue weighted by Gasteiger charge is 2.18. The van der Waals surface area contributed by atoms with Gasteiger partial charge in [-0.05, 0) is 31.0 Å². The molecule has 1 aliphatic carbocycles. The molecule has 3 heteroatoms. The van der Waals surface area contributed by atoms with Gasteiger partial charge in [0.1, 0.15) is 0 Å². The summed E-state index contributed by atoms with van der Waals surface area (Å²) < 4.78 is 2.19. The standard InChI is InChI=1S/C17H19N3/c1-20-15-8-5-9-18-17(15)13-10-14(19-11-16(13)20)12-6-3-2-4-7-12/h5,8-12H,2-4,6-7H2,1H3. The Morgan fingerprint density at radius 1 is 1.10 bits per heavy atom. The number of hydrogen-bond donors (Lipinski definition) is 0. The minimum absolute atomic E-state index is 0.645. The van der Waals surface area contributed by atoms with E-state index in [1.54, 1.807) is 0 Å². The van der Waals surface area contributed by atoms with Crippen molar-refractivity contribution in [1.29, 1.82) is 0 Å². The second-order valence-electron chi connectivity index (χ2n) is 5.89. The van der Waals surface area contributed by atoms with E-state index < -0.39 is 0 Å². The zero-order valence-corrected chi connectivity index (χ0v) is 11.8. The van der Waals surface area contributed by atoms with Crippen LogP contribution in [0, 0.1) is 0 Å². The summed E-state index contributed by atoms with van der Waals surface area (Å²) in [6.45, 7) is 0. The molecule has 102 valence electrons. The van der Waals surface area contributed by atoms with Crippen molar-refractivity contribution in [1.82, 2.24) is 14.5 Å². The predicted molar refractivity (Wildman–Crippen MR) is 81.8 cm³/mol. The maximum Gasteiger partial charge on any atom is 0.0960 e. The number of rotatable bonds is 1. The quantitative estimate of drug-likeness (QED) is 0.661. The molecule has 3 heterocycles. The van der Waals surface area contributed by atoms with Crippen molar-refractivity contribution in [2.45, 2.75) is 38.0 Å². The molecule has 3 aromatic rings. The lowest BCUT2D eigenvalue weighted by atomic mass is 9.86. The molecule has 0 amide bonds. The van der Waals surface area contributed by atoms with Gasteiger partial charge in [-0.3, -0.25) is 9.97 Å². The number of nitrogens with zero attached hydrogens (tertiary/aromatic N) is 3. The Bertz CT molecular complexity index is 766. The van der Waals surface area contributed by atoms with E-state index in [1.165, 1.54) is 54.2 Å². The van der Waals surface area contributed by atoms with Crippen molar-refractivity contribution in [3.8, 4) is 0 Å². The first-order chi connectivity index (χ1) is 9.84. The molecule has 0 aromatic carbocycles. The molecule has 0 unspecified atom stereocenters. The van der Waals surface area contributed by atoms with Crippen LogP contribution >= 0.6 is 0 Å². The summed E-state index contributed by atoms with van der Waals surface area (Å²) in [5, 5.41) is 1.25. The first-order valence-corrected chi connectivity index (χ1v) is 7.53. The van der Waals surface area contributed by atoms with Gasteiger partial charge in [0.25, 0.3) is 0 Å². The van der Waals surface area contributed by atoms with Gasteiger partial charge < -0.3 is 4.57 Å². The number of aromatic nitrogens is 3. The van der Waals surface area contributed by atoms with Crippen LogP contribution in [-0.4, -0.2) is 14.5 Å². The fourth-order valence-corrected chi connectivity index (χ4v) is 3.55. The van der Waals surface area contributed by atoms with Crippen LogP contribution in [0.15, 0.2) is 30.6 Å². The lowest BCUT2D eigenvalue weighted by molar-refractivity contribution is 0.437. The van der Waals surface area contributed by atoms with Crippen LogP contribution in [-0.2, 0) is 7.05 Å². The molecule has 1 saturated carbocycles. The van der Waals surface area contributed by atoms with Gasteiger partial charge in [-0.25, -0.2) is 0 Å². The maximum absolute atomic E-state index is 4.74. The lowest BCUT2D eigenvalue weighted by Gasteiger charge is -2.20. The summed E-state index contributed by atoms with van der Waals surface area (Å²) in [5.41, 5.74) is 4.73. The zero-order valence-electron chi connectivity index (χ0n) is 11.8. The van der Waals surface area contributed by atoms with Gasteiger partial charge in [0.15, 0.2) is 0 Å². The SMILES string of the molecule is Cn1c2cnc(C3CCCCC3)cc2c2ncccc21. The van der Waals surface area contributed by atoms with Gasteiger partial charge in [-0.2, -0.15) is 0 Å². The average molecular weight is 265 g/mol. The Morgan fingerprint density at radius 3 is 2.80 bits per heavy atom. The molecular weight excluding hydrogens is 246 g/mol. The fraction of sp³-hybridized carbons (Fsp3) is 0.412. The molecule has 0 aliphatic heterocycles. The van der Waals surface area contributed by atoms with E-state index in [9.17, 15) is 0 Å². The third kappa shape index (κ3) is 1.73. The molecule has 0 radical (unpaired) electrons. The van der Waals surface area contributed by atoms with Crippen LogP contribution in [0.2, 0.25) is 0 Å². The molecule has 0 atom stereocenters. The molecule has 0 N–H and O–H groups in total. The van der Waals surface area contributed by atoms with Gasteiger partial charge in [0.2, 0.25) is 0 Å². The average Bonchev–Trinajstić information content (AvgIpc) is 2.81. The van der Waals surface area contributed by atoms with Gasteiger partial charge >= 0.3 is 0 Å². The summed E-state index contributed by atoms with van der Waals surface area (Å²) in [5.74, 6) is 0.645. The van der Waals surface area contributed by atoms with Crippen molar-refractivity contribution in [3.63, 3.8) is 0 Å². The van der Waals surface area contributed by atoms with Gasteiger partial charge in [0, 0.05) is 30.2 Å². The molecule has 0 spiro atoms. The first-order valence-electron chi connectivity index (χ1n) is 7.53. The smallest absolute Gasteiger partial charge is 0.0960 e. The van der Waals surface area contributed by atoms with Crippen molar-refractivity contribution >= 4 is 21.9 Å². The topological polar surface area (TPSA) is 30.7 Å². The second-order valence-corrected chi connectivity index (χ2v) is 5.89. The van der Waals surface area contributed by atoms with E-state index in [1.807, 2.05) is 18.5 Å². The normalized spacial score (nSPS) is 17.1. The van der Waals surface area contributed by atoms with E-state index in [2.05, 4.69) is 28.7 Å². The third-order valence-electron chi connectivity index (χ3n) is 4.69. The number of hydrogen-bond acceptors (Lipinski definition) is 2. The molecule has 4 rings (SSSR count). The highest BCUT2D eigenvalue weighted by molar-refractivity contribution is 6.05. The Labute approximate surface area is 118 Å². The minimum Gasteiger partial charge on any atom is -0.341 e. The molecule has 3 aromatic heterocycles. The fourth-order valence-electron chi connectivity index (χ4n) is 3.55. The molecule has 3 nitrogen and oxygen atoms in total. The first kappa shape index (κ1) is 11.9. The number of aryl methyl sites for hydroxylation is 1. The van der Waals surface area contributed by atoms with Gasteiger partial charge in [-0.1, -0.05) is 19.3 Å². The molecule has 1 fully saturated rings. The molecular formula is C17H19N3. The van der Waals surface area contributed by atoms with Crippen LogP contribution in [0.1, 0.15) is 43.7 Å². The Morgan fingerprint density at radius 2 is 1.95 bits per heavy atom. The summed E-state index contributed by atoms with van der Waals surface area (Å²) in [4.78, 5) is 9.31. The predicted octanol–water partition coefficient (Wildman–Crippen LogP) is 4.17. The summed E-state index contributed by atoms with van der Waals surface area (Å²) in [7, 11) is 2.09. The van der Waals surface area contributed by atoms with E-state index in [0.29, 0.717) is 5.92 Å². The van der Waals surface area contributed by atoms with Crippen molar-refractivity contribution in [3.05, 3.63) is 36.3 Å². The van der Waals surface area contributed by atoms with Gasteiger partial charge in [-0.15, -0.1) is 0 Å². The summed E-state index contributed by atoms with van der Waals surface area (Å²) >= 11 is 0. The van der Waals surface area contributed by atoms with Gasteiger partial charge in [0.05, 0.1) is 22.7 Å². The molecule has 1 aliphatic rings. The maximum atomic E-state index is 4.74. The highest BCUT2D eigenvalue weighted by Crippen LogP contribution is 2.34. The molecule has 0 bridgehead atoms. The van der Waals surface area contributed by atoms with Crippen LogP contribution in [0.25, 0.3) is 21.9 Å². The van der Waals surface area contributed by atoms with Crippen LogP contribution in [0.3, 0.4) is 0 Å². The van der Waals surface area contributed by atoms with Crippen LogP contribution in [0.4, 0.5) is 0 Å². The van der Waals surface area contributed by atoms with Crippen LogP contribution < -0.4 is 0 Å². The molecule has 0 saturated heterocycles. The molecule has 20 heavy (non-hydrogen) atoms. The Hall–Kier alpha value is -1.90. The Balaban J connectivity index is 1.92. The third-order valence-corrected chi connectivity index (χ3v) is 4.69. The summed E-state index contributed by atoms with van der Waals surface area (Å²) in [6, 6.07) is 6.40. The van der Waals surface area contributed by atoms with E-state index >= 15 is 0 Å². The zero-order chi connectivity index (χ0) is 13.5. The largest absolute Gasteiger partial charge is 0.341 e. The van der Waals surface area contributed by atoms with E-state index in [0.717, 1.165) is 5.52 Å². The monoisotopic (exact) mass is 265 g/mol.